The average molecular weight is 287 g/mol. The van der Waals surface area contributed by atoms with Crippen LogP contribution in [0.4, 0.5) is 0 Å². The van der Waals surface area contributed by atoms with Crippen LogP contribution in [0.3, 0.4) is 0 Å². The molecule has 0 saturated carbocycles. The summed E-state index contributed by atoms with van der Waals surface area (Å²) in [6.07, 6.45) is 4.29. The van der Waals surface area contributed by atoms with Gasteiger partial charge in [0.1, 0.15) is 0 Å². The molecule has 1 aliphatic rings. The summed E-state index contributed by atoms with van der Waals surface area (Å²) in [5.74, 6) is -0.609. The molecule has 0 aliphatic carbocycles. The Kier molecular flexibility index (Phi) is 3.97. The number of aliphatic carboxylic acids is 1. The fourth-order valence-electron chi connectivity index (χ4n) is 3.12. The molecule has 1 atom stereocenters. The van der Waals surface area contributed by atoms with Crippen molar-refractivity contribution in [3.63, 3.8) is 0 Å². The number of rotatable bonds is 4. The highest BCUT2D eigenvalue weighted by atomic mass is 16.5. The smallest absolute Gasteiger partial charge is 0.310 e. The largest absolute Gasteiger partial charge is 0.481 e. The maximum absolute atomic E-state index is 11.2. The van der Waals surface area contributed by atoms with Crippen molar-refractivity contribution < 1.29 is 14.6 Å². The quantitative estimate of drug-likeness (QED) is 0.939. The molecule has 1 saturated heterocycles. The summed E-state index contributed by atoms with van der Waals surface area (Å²) >= 11 is 0. The van der Waals surface area contributed by atoms with Crippen molar-refractivity contribution in [2.45, 2.75) is 32.2 Å². The third-order valence-electron chi connectivity index (χ3n) is 4.48. The standard InChI is InChI=1S/C17H21NO3/c1-12(17(19)20)14-3-2-4-16-15(14)5-8-18(16)11-13-6-9-21-10-7-13/h2-5,8,12-13H,6-7,9-11H2,1H3,(H,19,20). The van der Waals surface area contributed by atoms with Gasteiger partial charge in [-0.25, -0.2) is 0 Å². The van der Waals surface area contributed by atoms with E-state index in [0.29, 0.717) is 5.92 Å². The van der Waals surface area contributed by atoms with Crippen LogP contribution >= 0.6 is 0 Å². The normalized spacial score (nSPS) is 18.0. The summed E-state index contributed by atoms with van der Waals surface area (Å²) in [4.78, 5) is 11.2. The van der Waals surface area contributed by atoms with Gasteiger partial charge in [0, 0.05) is 36.9 Å². The number of carboxylic acid groups (broad SMARTS) is 1. The SMILES string of the molecule is CC(C(=O)O)c1cccc2c1ccn2CC1CCOCC1. The molecule has 1 N–H and O–H groups in total. The molecule has 21 heavy (non-hydrogen) atoms. The van der Waals surface area contributed by atoms with Crippen molar-refractivity contribution in [3.05, 3.63) is 36.0 Å². The number of aromatic nitrogens is 1. The Morgan fingerprint density at radius 1 is 1.38 bits per heavy atom. The van der Waals surface area contributed by atoms with Crippen molar-refractivity contribution in [2.24, 2.45) is 5.92 Å². The molecule has 0 spiro atoms. The van der Waals surface area contributed by atoms with Gasteiger partial charge >= 0.3 is 5.97 Å². The number of fused-ring (bicyclic) bond motifs is 1. The Balaban J connectivity index is 1.91. The molecule has 1 fully saturated rings. The molecule has 4 nitrogen and oxygen atoms in total. The summed E-state index contributed by atoms with van der Waals surface area (Å²) in [6, 6.07) is 7.99. The van der Waals surface area contributed by atoms with Gasteiger partial charge in [0.15, 0.2) is 0 Å². The number of carboxylic acids is 1. The second-order valence-electron chi connectivity index (χ2n) is 5.86. The average Bonchev–Trinajstić information content (AvgIpc) is 2.90. The third kappa shape index (κ3) is 2.81. The molecule has 1 unspecified atom stereocenters. The fraction of sp³-hybridized carbons (Fsp3) is 0.471. The molecule has 0 radical (unpaired) electrons. The fourth-order valence-corrected chi connectivity index (χ4v) is 3.12. The minimum atomic E-state index is -0.778. The molecule has 1 aromatic carbocycles. The Labute approximate surface area is 124 Å². The Morgan fingerprint density at radius 2 is 2.14 bits per heavy atom. The van der Waals surface area contributed by atoms with Crippen molar-refractivity contribution in [3.8, 4) is 0 Å². The van der Waals surface area contributed by atoms with Gasteiger partial charge in [-0.3, -0.25) is 4.79 Å². The first kappa shape index (κ1) is 14.1. The van der Waals surface area contributed by atoms with Gasteiger partial charge in [-0.2, -0.15) is 0 Å². The van der Waals surface area contributed by atoms with E-state index in [1.165, 1.54) is 0 Å². The van der Waals surface area contributed by atoms with E-state index in [1.54, 1.807) is 6.92 Å². The number of nitrogens with zero attached hydrogens (tertiary/aromatic N) is 1. The predicted molar refractivity (Wildman–Crippen MR) is 81.5 cm³/mol. The van der Waals surface area contributed by atoms with E-state index in [1.807, 2.05) is 18.2 Å². The monoisotopic (exact) mass is 287 g/mol. The van der Waals surface area contributed by atoms with E-state index in [0.717, 1.165) is 49.1 Å². The first-order valence-corrected chi connectivity index (χ1v) is 7.55. The second-order valence-corrected chi connectivity index (χ2v) is 5.86. The van der Waals surface area contributed by atoms with Crippen LogP contribution < -0.4 is 0 Å². The zero-order valence-corrected chi connectivity index (χ0v) is 12.3. The lowest BCUT2D eigenvalue weighted by Gasteiger charge is -2.23. The highest BCUT2D eigenvalue weighted by Crippen LogP contribution is 2.28. The lowest BCUT2D eigenvalue weighted by molar-refractivity contribution is -0.138. The highest BCUT2D eigenvalue weighted by molar-refractivity contribution is 5.89. The summed E-state index contributed by atoms with van der Waals surface area (Å²) < 4.78 is 7.66. The molecule has 2 aromatic rings. The van der Waals surface area contributed by atoms with E-state index in [2.05, 4.69) is 16.8 Å². The van der Waals surface area contributed by atoms with Crippen LogP contribution in [0.1, 0.15) is 31.2 Å². The lowest BCUT2D eigenvalue weighted by Crippen LogP contribution is -2.20. The van der Waals surface area contributed by atoms with Crippen LogP contribution in [-0.4, -0.2) is 28.9 Å². The Hall–Kier alpha value is -1.81. The topological polar surface area (TPSA) is 51.5 Å². The van der Waals surface area contributed by atoms with Crippen LogP contribution in [0.5, 0.6) is 0 Å². The molecule has 112 valence electrons. The Morgan fingerprint density at radius 3 is 2.86 bits per heavy atom. The number of carbonyl (C=O) groups is 1. The number of benzene rings is 1. The van der Waals surface area contributed by atoms with E-state index in [4.69, 9.17) is 4.74 Å². The van der Waals surface area contributed by atoms with E-state index in [9.17, 15) is 9.90 Å². The van der Waals surface area contributed by atoms with E-state index < -0.39 is 11.9 Å². The lowest BCUT2D eigenvalue weighted by atomic mass is 9.97. The van der Waals surface area contributed by atoms with Crippen molar-refractivity contribution in [1.82, 2.24) is 4.57 Å². The first-order chi connectivity index (χ1) is 10.2. The van der Waals surface area contributed by atoms with Gasteiger partial charge in [0.2, 0.25) is 0 Å². The molecule has 1 aliphatic heterocycles. The molecular formula is C17H21NO3. The maximum atomic E-state index is 11.2. The van der Waals surface area contributed by atoms with Crippen LogP contribution in [-0.2, 0) is 16.1 Å². The third-order valence-corrected chi connectivity index (χ3v) is 4.48. The van der Waals surface area contributed by atoms with Gasteiger partial charge in [-0.05, 0) is 43.4 Å². The van der Waals surface area contributed by atoms with Crippen molar-refractivity contribution >= 4 is 16.9 Å². The van der Waals surface area contributed by atoms with Crippen LogP contribution in [0.15, 0.2) is 30.5 Å². The van der Waals surface area contributed by atoms with E-state index >= 15 is 0 Å². The summed E-state index contributed by atoms with van der Waals surface area (Å²) in [5, 5.41) is 10.3. The number of hydrogen-bond acceptors (Lipinski definition) is 2. The van der Waals surface area contributed by atoms with Crippen LogP contribution in [0, 0.1) is 5.92 Å². The minimum absolute atomic E-state index is 0.479. The van der Waals surface area contributed by atoms with Crippen LogP contribution in [0.2, 0.25) is 0 Å². The number of hydrogen-bond donors (Lipinski definition) is 1. The molecule has 1 aromatic heterocycles. The predicted octanol–water partition coefficient (Wildman–Crippen LogP) is 3.26. The molecule has 0 bridgehead atoms. The molecule has 2 heterocycles. The summed E-state index contributed by atoms with van der Waals surface area (Å²) in [5.41, 5.74) is 2.03. The number of ether oxygens (including phenoxy) is 1. The summed E-state index contributed by atoms with van der Waals surface area (Å²) in [6.45, 7) is 4.43. The van der Waals surface area contributed by atoms with Gasteiger partial charge < -0.3 is 14.4 Å². The maximum Gasteiger partial charge on any atom is 0.310 e. The Bertz CT molecular complexity index is 641. The minimum Gasteiger partial charge on any atom is -0.481 e. The van der Waals surface area contributed by atoms with Gasteiger partial charge in [-0.1, -0.05) is 12.1 Å². The molecule has 4 heteroatoms. The van der Waals surface area contributed by atoms with Crippen LogP contribution in [0.25, 0.3) is 10.9 Å². The zero-order valence-electron chi connectivity index (χ0n) is 12.3. The van der Waals surface area contributed by atoms with Crippen molar-refractivity contribution in [1.29, 1.82) is 0 Å². The zero-order chi connectivity index (χ0) is 14.8. The molecular weight excluding hydrogens is 266 g/mol. The van der Waals surface area contributed by atoms with Gasteiger partial charge in [0.25, 0.3) is 0 Å². The van der Waals surface area contributed by atoms with E-state index in [-0.39, 0.29) is 0 Å². The van der Waals surface area contributed by atoms with Crippen molar-refractivity contribution in [2.75, 3.05) is 13.2 Å². The van der Waals surface area contributed by atoms with Gasteiger partial charge in [0.05, 0.1) is 5.92 Å². The summed E-state index contributed by atoms with van der Waals surface area (Å²) in [7, 11) is 0. The van der Waals surface area contributed by atoms with Gasteiger partial charge in [-0.15, -0.1) is 0 Å². The molecule has 0 amide bonds. The second kappa shape index (κ2) is 5.90. The first-order valence-electron chi connectivity index (χ1n) is 7.55. The highest BCUT2D eigenvalue weighted by Gasteiger charge is 2.19. The molecule has 3 rings (SSSR count).